The molecule has 0 fully saturated rings. The van der Waals surface area contributed by atoms with Gasteiger partial charge in [-0.1, -0.05) is 6.07 Å². The van der Waals surface area contributed by atoms with Crippen LogP contribution in [0.4, 0.5) is 0 Å². The van der Waals surface area contributed by atoms with Crippen LogP contribution in [0.3, 0.4) is 0 Å². The van der Waals surface area contributed by atoms with E-state index < -0.39 is 10.0 Å². The fourth-order valence-corrected chi connectivity index (χ4v) is 4.13. The van der Waals surface area contributed by atoms with Crippen molar-refractivity contribution in [2.24, 2.45) is 0 Å². The molecule has 0 aliphatic carbocycles. The molecule has 0 bridgehead atoms. The lowest BCUT2D eigenvalue weighted by molar-refractivity contribution is 0.313. The minimum atomic E-state index is -3.45. The second-order valence-corrected chi connectivity index (χ2v) is 7.80. The number of rotatable bonds is 8. The molecule has 0 radical (unpaired) electrons. The highest BCUT2D eigenvalue weighted by molar-refractivity contribution is 7.91. The molecule has 5 nitrogen and oxygen atoms in total. The fraction of sp³-hybridized carbons (Fsp3) is 0.333. The Morgan fingerprint density at radius 2 is 1.86 bits per heavy atom. The monoisotopic (exact) mass is 341 g/mol. The molecule has 0 spiro atoms. The molecule has 22 heavy (non-hydrogen) atoms. The summed E-state index contributed by atoms with van der Waals surface area (Å²) in [6.45, 7) is 4.83. The lowest BCUT2D eigenvalue weighted by Gasteiger charge is -2.09. The molecular formula is C15H19NO4S2. The summed E-state index contributed by atoms with van der Waals surface area (Å²) in [6, 6.07) is 10.7. The Morgan fingerprint density at radius 1 is 1.14 bits per heavy atom. The van der Waals surface area contributed by atoms with Crippen LogP contribution in [0.5, 0.6) is 11.5 Å². The molecule has 0 atom stereocenters. The molecule has 1 aromatic heterocycles. The van der Waals surface area contributed by atoms with Gasteiger partial charge in [-0.25, -0.2) is 13.1 Å². The molecule has 7 heteroatoms. The van der Waals surface area contributed by atoms with Gasteiger partial charge in [-0.2, -0.15) is 0 Å². The summed E-state index contributed by atoms with van der Waals surface area (Å²) in [7, 11) is -3.45. The van der Waals surface area contributed by atoms with Crippen LogP contribution in [0.1, 0.15) is 11.8 Å². The second-order valence-electron chi connectivity index (χ2n) is 4.52. The van der Waals surface area contributed by atoms with Crippen LogP contribution < -0.4 is 14.2 Å². The molecule has 2 aromatic rings. The molecule has 0 saturated heterocycles. The number of ether oxygens (including phenoxy) is 2. The molecule has 2 rings (SSSR count). The van der Waals surface area contributed by atoms with Crippen molar-refractivity contribution >= 4 is 21.4 Å². The second kappa shape index (κ2) is 7.62. The van der Waals surface area contributed by atoms with E-state index in [-0.39, 0.29) is 13.2 Å². The molecule has 0 saturated carbocycles. The summed E-state index contributed by atoms with van der Waals surface area (Å²) in [5.41, 5.74) is 0. The molecule has 0 aliphatic rings. The van der Waals surface area contributed by atoms with Crippen LogP contribution >= 0.6 is 11.3 Å². The van der Waals surface area contributed by atoms with E-state index in [0.717, 1.165) is 10.6 Å². The summed E-state index contributed by atoms with van der Waals surface area (Å²) in [4.78, 5) is 0.962. The van der Waals surface area contributed by atoms with Crippen molar-refractivity contribution in [3.8, 4) is 11.5 Å². The summed E-state index contributed by atoms with van der Waals surface area (Å²) < 4.78 is 37.8. The van der Waals surface area contributed by atoms with Crippen molar-refractivity contribution in [1.29, 1.82) is 0 Å². The third kappa shape index (κ3) is 4.72. The van der Waals surface area contributed by atoms with Crippen LogP contribution in [0.25, 0.3) is 0 Å². The van der Waals surface area contributed by atoms with Crippen LogP contribution in [-0.4, -0.2) is 28.2 Å². The smallest absolute Gasteiger partial charge is 0.250 e. The third-order valence-corrected chi connectivity index (χ3v) is 5.71. The summed E-state index contributed by atoms with van der Waals surface area (Å²) in [6.07, 6.45) is 0. The number of hydrogen-bond acceptors (Lipinski definition) is 5. The van der Waals surface area contributed by atoms with E-state index in [1.54, 1.807) is 24.3 Å². The Kier molecular flexibility index (Phi) is 5.82. The van der Waals surface area contributed by atoms with Crippen LogP contribution in [0.2, 0.25) is 0 Å². The van der Waals surface area contributed by atoms with Gasteiger partial charge in [0.1, 0.15) is 22.3 Å². The van der Waals surface area contributed by atoms with Gasteiger partial charge in [0.25, 0.3) is 0 Å². The number of aryl methyl sites for hydroxylation is 1. The maximum Gasteiger partial charge on any atom is 0.250 e. The standard InChI is InChI=1S/C15H19NO4S2/c1-3-19-13-5-4-6-14(11-13)20-10-9-16-22(17,18)15-8-7-12(2)21-15/h4-8,11,16H,3,9-10H2,1-2H3. The number of thiophene rings is 1. The van der Waals surface area contributed by atoms with Gasteiger partial charge in [-0.3, -0.25) is 0 Å². The van der Waals surface area contributed by atoms with Crippen molar-refractivity contribution < 1.29 is 17.9 Å². The molecule has 1 N–H and O–H groups in total. The van der Waals surface area contributed by atoms with Gasteiger partial charge in [-0.15, -0.1) is 11.3 Å². The number of hydrogen-bond donors (Lipinski definition) is 1. The Morgan fingerprint density at radius 3 is 2.50 bits per heavy atom. The highest BCUT2D eigenvalue weighted by Crippen LogP contribution is 2.21. The summed E-state index contributed by atoms with van der Waals surface area (Å²) >= 11 is 1.25. The fourth-order valence-electron chi connectivity index (χ4n) is 1.79. The van der Waals surface area contributed by atoms with Crippen LogP contribution in [0.15, 0.2) is 40.6 Å². The molecule has 1 aromatic carbocycles. The third-order valence-electron chi connectivity index (χ3n) is 2.76. The predicted octanol–water partition coefficient (Wildman–Crippen LogP) is 2.81. The minimum Gasteiger partial charge on any atom is -0.494 e. The zero-order valence-corrected chi connectivity index (χ0v) is 14.2. The number of nitrogens with one attached hydrogen (secondary N) is 1. The quantitative estimate of drug-likeness (QED) is 0.750. The van der Waals surface area contributed by atoms with Gasteiger partial charge in [0.05, 0.1) is 6.61 Å². The molecular weight excluding hydrogens is 322 g/mol. The SMILES string of the molecule is CCOc1cccc(OCCNS(=O)(=O)c2ccc(C)s2)c1. The summed E-state index contributed by atoms with van der Waals surface area (Å²) in [5, 5.41) is 0. The van der Waals surface area contributed by atoms with Crippen molar-refractivity contribution in [3.63, 3.8) is 0 Å². The topological polar surface area (TPSA) is 64.6 Å². The zero-order valence-electron chi connectivity index (χ0n) is 12.5. The normalized spacial score (nSPS) is 11.4. The molecule has 0 unspecified atom stereocenters. The Hall–Kier alpha value is -1.57. The van der Waals surface area contributed by atoms with E-state index in [1.165, 1.54) is 11.3 Å². The summed E-state index contributed by atoms with van der Waals surface area (Å²) in [5.74, 6) is 1.38. The van der Waals surface area contributed by atoms with Gasteiger partial charge < -0.3 is 9.47 Å². The first-order chi connectivity index (χ1) is 10.5. The lowest BCUT2D eigenvalue weighted by atomic mass is 10.3. The average Bonchev–Trinajstić information content (AvgIpc) is 2.92. The highest BCUT2D eigenvalue weighted by Gasteiger charge is 2.15. The van der Waals surface area contributed by atoms with E-state index in [1.807, 2.05) is 26.0 Å². The highest BCUT2D eigenvalue weighted by atomic mass is 32.2. The van der Waals surface area contributed by atoms with Crippen molar-refractivity contribution in [2.45, 2.75) is 18.1 Å². The molecule has 0 amide bonds. The van der Waals surface area contributed by atoms with Crippen LogP contribution in [-0.2, 0) is 10.0 Å². The molecule has 0 aliphatic heterocycles. The Labute approximate surface area is 134 Å². The van der Waals surface area contributed by atoms with E-state index in [2.05, 4.69) is 4.72 Å². The van der Waals surface area contributed by atoms with E-state index >= 15 is 0 Å². The first-order valence-corrected chi connectivity index (χ1v) is 9.23. The van der Waals surface area contributed by atoms with E-state index in [9.17, 15) is 8.42 Å². The van der Waals surface area contributed by atoms with Crippen molar-refractivity contribution in [2.75, 3.05) is 19.8 Å². The van der Waals surface area contributed by atoms with Crippen molar-refractivity contribution in [1.82, 2.24) is 4.72 Å². The number of sulfonamides is 1. The van der Waals surface area contributed by atoms with Crippen LogP contribution in [0, 0.1) is 6.92 Å². The lowest BCUT2D eigenvalue weighted by Crippen LogP contribution is -2.27. The van der Waals surface area contributed by atoms with Gasteiger partial charge in [0, 0.05) is 17.5 Å². The number of benzene rings is 1. The maximum atomic E-state index is 12.0. The first kappa shape index (κ1) is 16.8. The molecule has 1 heterocycles. The maximum absolute atomic E-state index is 12.0. The largest absolute Gasteiger partial charge is 0.494 e. The average molecular weight is 341 g/mol. The van der Waals surface area contributed by atoms with Gasteiger partial charge >= 0.3 is 0 Å². The van der Waals surface area contributed by atoms with Gasteiger partial charge in [-0.05, 0) is 38.1 Å². The molecule has 120 valence electrons. The van der Waals surface area contributed by atoms with E-state index in [0.29, 0.717) is 16.6 Å². The minimum absolute atomic E-state index is 0.206. The first-order valence-electron chi connectivity index (χ1n) is 6.93. The van der Waals surface area contributed by atoms with E-state index in [4.69, 9.17) is 9.47 Å². The predicted molar refractivity (Wildman–Crippen MR) is 87.4 cm³/mol. The Bertz CT molecular complexity index is 710. The zero-order chi connectivity index (χ0) is 16.0. The Balaban J connectivity index is 1.83. The van der Waals surface area contributed by atoms with Gasteiger partial charge in [0.15, 0.2) is 0 Å². The van der Waals surface area contributed by atoms with Crippen molar-refractivity contribution in [3.05, 3.63) is 41.3 Å². The van der Waals surface area contributed by atoms with Gasteiger partial charge in [0.2, 0.25) is 10.0 Å².